The molecule has 1 aliphatic rings. The minimum absolute atomic E-state index is 0.0654. The van der Waals surface area contributed by atoms with Crippen LogP contribution in [0.2, 0.25) is 0 Å². The van der Waals surface area contributed by atoms with Gasteiger partial charge in [-0.1, -0.05) is 60.7 Å². The molecule has 2 aromatic carbocycles. The maximum atomic E-state index is 13.5. The molecule has 0 spiro atoms. The van der Waals surface area contributed by atoms with Gasteiger partial charge in [-0.2, -0.15) is 0 Å². The molecule has 1 fully saturated rings. The second-order valence-corrected chi connectivity index (χ2v) is 8.24. The van der Waals surface area contributed by atoms with Crippen LogP contribution < -0.4 is 10.6 Å². The van der Waals surface area contributed by atoms with Crippen molar-refractivity contribution in [2.45, 2.75) is 44.5 Å². The molecule has 0 bridgehead atoms. The molecule has 0 saturated carbocycles. The summed E-state index contributed by atoms with van der Waals surface area (Å²) >= 11 is 0. The predicted octanol–water partition coefficient (Wildman–Crippen LogP) is 2.87. The third kappa shape index (κ3) is 5.64. The number of hydrogen-bond donors (Lipinski definition) is 2. The summed E-state index contributed by atoms with van der Waals surface area (Å²) in [6, 6.07) is 17.3. The van der Waals surface area contributed by atoms with Crippen LogP contribution in [0.5, 0.6) is 0 Å². The fourth-order valence-corrected chi connectivity index (χ4v) is 3.48. The van der Waals surface area contributed by atoms with Crippen LogP contribution in [0, 0.1) is 0 Å². The largest absolute Gasteiger partial charge is 0.447 e. The lowest BCUT2D eigenvalue weighted by atomic mass is 9.92. The molecule has 3 amide bonds. The van der Waals surface area contributed by atoms with Crippen molar-refractivity contribution in [3.63, 3.8) is 0 Å². The second kappa shape index (κ2) is 10.3. The summed E-state index contributed by atoms with van der Waals surface area (Å²) in [7, 11) is 1.68. The highest BCUT2D eigenvalue weighted by atomic mass is 16.6. The van der Waals surface area contributed by atoms with Gasteiger partial charge >= 0.3 is 12.2 Å². The zero-order valence-electron chi connectivity index (χ0n) is 18.5. The van der Waals surface area contributed by atoms with E-state index in [1.54, 1.807) is 20.9 Å². The maximum Gasteiger partial charge on any atom is 0.417 e. The van der Waals surface area contributed by atoms with Gasteiger partial charge in [-0.3, -0.25) is 4.79 Å². The summed E-state index contributed by atoms with van der Waals surface area (Å²) in [4.78, 5) is 39.6. The molecule has 8 heteroatoms. The van der Waals surface area contributed by atoms with E-state index in [1.165, 1.54) is 0 Å². The number of amides is 3. The minimum atomic E-state index is -1.06. The van der Waals surface area contributed by atoms with Gasteiger partial charge in [-0.15, -0.1) is 0 Å². The first-order valence-corrected chi connectivity index (χ1v) is 10.5. The first kappa shape index (κ1) is 23.3. The predicted molar refractivity (Wildman–Crippen MR) is 119 cm³/mol. The number of ether oxygens (including phenoxy) is 2. The lowest BCUT2D eigenvalue weighted by Crippen LogP contribution is -2.64. The summed E-state index contributed by atoms with van der Waals surface area (Å²) in [6.45, 7) is 3.70. The molecule has 3 rings (SSSR count). The zero-order chi connectivity index (χ0) is 23.1. The Labute approximate surface area is 187 Å². The first-order chi connectivity index (χ1) is 15.3. The van der Waals surface area contributed by atoms with Gasteiger partial charge in [0, 0.05) is 5.54 Å². The number of nitrogens with zero attached hydrogens (tertiary/aromatic N) is 1. The Morgan fingerprint density at radius 2 is 1.69 bits per heavy atom. The van der Waals surface area contributed by atoms with Crippen LogP contribution in [0.4, 0.5) is 9.59 Å². The molecular weight excluding hydrogens is 410 g/mol. The smallest absolute Gasteiger partial charge is 0.417 e. The Bertz CT molecular complexity index is 933. The van der Waals surface area contributed by atoms with Crippen molar-refractivity contribution in [2.75, 3.05) is 13.7 Å². The number of imide groups is 1. The van der Waals surface area contributed by atoms with Gasteiger partial charge in [0.25, 0.3) is 5.91 Å². The lowest BCUT2D eigenvalue weighted by Gasteiger charge is -2.35. The number of likely N-dealkylation sites (N-methyl/N-ethyl adjacent to an activating group) is 1. The van der Waals surface area contributed by atoms with Gasteiger partial charge in [-0.05, 0) is 38.4 Å². The molecule has 2 N–H and O–H groups in total. The van der Waals surface area contributed by atoms with Gasteiger partial charge in [0.1, 0.15) is 19.3 Å². The highest BCUT2D eigenvalue weighted by molar-refractivity contribution is 5.98. The minimum Gasteiger partial charge on any atom is -0.447 e. The maximum absolute atomic E-state index is 13.5. The third-order valence-corrected chi connectivity index (χ3v) is 5.60. The number of nitrogens with one attached hydrogen (secondary N) is 2. The molecule has 32 heavy (non-hydrogen) atoms. The Hall–Kier alpha value is -3.39. The van der Waals surface area contributed by atoms with Crippen LogP contribution in [-0.4, -0.2) is 54.3 Å². The quantitative estimate of drug-likeness (QED) is 0.657. The number of carbonyl (C=O) groups is 3. The normalized spacial score (nSPS) is 16.9. The van der Waals surface area contributed by atoms with E-state index < -0.39 is 35.7 Å². The number of hydrogen-bond acceptors (Lipinski definition) is 6. The highest BCUT2D eigenvalue weighted by Gasteiger charge is 2.46. The molecular formula is C24H29N3O5. The van der Waals surface area contributed by atoms with E-state index in [-0.39, 0.29) is 13.2 Å². The molecule has 0 aromatic heterocycles. The summed E-state index contributed by atoms with van der Waals surface area (Å²) in [6.07, 6.45) is -1.00. The zero-order valence-corrected chi connectivity index (χ0v) is 18.5. The van der Waals surface area contributed by atoms with Crippen molar-refractivity contribution in [1.82, 2.24) is 15.5 Å². The third-order valence-electron chi connectivity index (χ3n) is 5.60. The molecule has 1 saturated heterocycles. The van der Waals surface area contributed by atoms with Crippen LogP contribution in [0.1, 0.15) is 25.0 Å². The van der Waals surface area contributed by atoms with Crippen molar-refractivity contribution >= 4 is 18.1 Å². The molecule has 8 nitrogen and oxygen atoms in total. The molecule has 0 radical (unpaired) electrons. The van der Waals surface area contributed by atoms with E-state index >= 15 is 0 Å². The fraction of sp³-hybridized carbons (Fsp3) is 0.375. The van der Waals surface area contributed by atoms with Gasteiger partial charge in [0.15, 0.2) is 0 Å². The standard InChI is InChI=1S/C24H29N3O5/c1-24(2,25-3)20(26-22(29)31-15-18-12-8-5-9-13-18)21(28)27-19(16-32-23(27)30)14-17-10-6-4-7-11-17/h4-13,19-20,25H,14-16H2,1-3H3,(H,26,29)/t19-,20?/m1/s1. The number of cyclic esters (lactones) is 1. The molecule has 1 unspecified atom stereocenters. The van der Waals surface area contributed by atoms with Crippen LogP contribution in [0.3, 0.4) is 0 Å². The Morgan fingerprint density at radius 3 is 2.28 bits per heavy atom. The summed E-state index contributed by atoms with van der Waals surface area (Å²) < 4.78 is 10.5. The van der Waals surface area contributed by atoms with Gasteiger partial charge < -0.3 is 20.1 Å². The second-order valence-electron chi connectivity index (χ2n) is 8.24. The van der Waals surface area contributed by atoms with Crippen molar-refractivity contribution in [1.29, 1.82) is 0 Å². The monoisotopic (exact) mass is 439 g/mol. The van der Waals surface area contributed by atoms with E-state index in [2.05, 4.69) is 10.6 Å². The van der Waals surface area contributed by atoms with Gasteiger partial charge in [-0.25, -0.2) is 14.5 Å². The molecule has 0 aliphatic carbocycles. The van der Waals surface area contributed by atoms with E-state index in [4.69, 9.17) is 9.47 Å². The summed E-state index contributed by atoms with van der Waals surface area (Å²) in [5.74, 6) is -0.551. The SMILES string of the molecule is CNC(C)(C)C(NC(=O)OCc1ccccc1)C(=O)N1C(=O)OC[C@H]1Cc1ccccc1. The molecule has 1 heterocycles. The van der Waals surface area contributed by atoms with Crippen molar-refractivity contribution in [2.24, 2.45) is 0 Å². The van der Waals surface area contributed by atoms with E-state index in [0.717, 1.165) is 16.0 Å². The first-order valence-electron chi connectivity index (χ1n) is 10.5. The van der Waals surface area contributed by atoms with E-state index in [9.17, 15) is 14.4 Å². The van der Waals surface area contributed by atoms with Gasteiger partial charge in [0.05, 0.1) is 6.04 Å². The lowest BCUT2D eigenvalue weighted by molar-refractivity contribution is -0.133. The molecule has 170 valence electrons. The fourth-order valence-electron chi connectivity index (χ4n) is 3.48. The van der Waals surface area contributed by atoms with Crippen molar-refractivity contribution < 1.29 is 23.9 Å². The Balaban J connectivity index is 1.74. The summed E-state index contributed by atoms with van der Waals surface area (Å²) in [5.41, 5.74) is 0.945. The summed E-state index contributed by atoms with van der Waals surface area (Å²) in [5, 5.41) is 5.67. The number of rotatable bonds is 8. The average Bonchev–Trinajstić information content (AvgIpc) is 3.16. The van der Waals surface area contributed by atoms with Crippen LogP contribution in [0.15, 0.2) is 60.7 Å². The van der Waals surface area contributed by atoms with Gasteiger partial charge in [0.2, 0.25) is 0 Å². The number of carbonyl (C=O) groups excluding carboxylic acids is 3. The van der Waals surface area contributed by atoms with Crippen molar-refractivity contribution in [3.8, 4) is 0 Å². The Morgan fingerprint density at radius 1 is 1.09 bits per heavy atom. The van der Waals surface area contributed by atoms with Crippen LogP contribution in [0.25, 0.3) is 0 Å². The van der Waals surface area contributed by atoms with Crippen LogP contribution >= 0.6 is 0 Å². The van der Waals surface area contributed by atoms with E-state index in [1.807, 2.05) is 60.7 Å². The highest BCUT2D eigenvalue weighted by Crippen LogP contribution is 2.22. The Kier molecular flexibility index (Phi) is 7.48. The van der Waals surface area contributed by atoms with Crippen molar-refractivity contribution in [3.05, 3.63) is 71.8 Å². The van der Waals surface area contributed by atoms with Crippen LogP contribution in [-0.2, 0) is 27.3 Å². The molecule has 2 aromatic rings. The topological polar surface area (TPSA) is 97.0 Å². The number of benzene rings is 2. The molecule has 2 atom stereocenters. The average molecular weight is 440 g/mol. The molecule has 1 aliphatic heterocycles. The number of alkyl carbamates (subject to hydrolysis) is 1. The van der Waals surface area contributed by atoms with E-state index in [0.29, 0.717) is 6.42 Å².